The number of amides is 1. The number of benzene rings is 1. The first-order chi connectivity index (χ1) is 18.6. The van der Waals surface area contributed by atoms with Gasteiger partial charge in [0.1, 0.15) is 29.0 Å². The highest BCUT2D eigenvalue weighted by molar-refractivity contribution is 7.97. The van der Waals surface area contributed by atoms with Crippen molar-refractivity contribution >= 4 is 29.5 Å². The van der Waals surface area contributed by atoms with Gasteiger partial charge in [0.2, 0.25) is 0 Å². The number of carbonyl (C=O) groups excluding carboxylic acids is 1. The summed E-state index contributed by atoms with van der Waals surface area (Å²) in [6.45, 7) is 13.2. The van der Waals surface area contributed by atoms with Gasteiger partial charge < -0.3 is 15.0 Å². The van der Waals surface area contributed by atoms with Crippen LogP contribution in [0.5, 0.6) is 5.75 Å². The van der Waals surface area contributed by atoms with Crippen molar-refractivity contribution in [1.82, 2.24) is 14.7 Å². The van der Waals surface area contributed by atoms with Gasteiger partial charge in [0.05, 0.1) is 5.56 Å². The van der Waals surface area contributed by atoms with Crippen molar-refractivity contribution in [1.29, 1.82) is 0 Å². The van der Waals surface area contributed by atoms with E-state index in [1.165, 1.54) is 11.9 Å². The van der Waals surface area contributed by atoms with Gasteiger partial charge >= 0.3 is 0 Å². The van der Waals surface area contributed by atoms with E-state index >= 15 is 0 Å². The summed E-state index contributed by atoms with van der Waals surface area (Å²) in [4.78, 5) is 25.8. The van der Waals surface area contributed by atoms with Gasteiger partial charge in [-0.1, -0.05) is 51.1 Å². The van der Waals surface area contributed by atoms with Crippen LogP contribution in [0.1, 0.15) is 75.5 Å². The molecule has 1 saturated heterocycles. The summed E-state index contributed by atoms with van der Waals surface area (Å²) in [5.74, 6) is 2.58. The maximum atomic E-state index is 13.6. The highest BCUT2D eigenvalue weighted by Crippen LogP contribution is 2.40. The predicted molar refractivity (Wildman–Crippen MR) is 159 cm³/mol. The van der Waals surface area contributed by atoms with E-state index < -0.39 is 0 Å². The Morgan fingerprint density at radius 1 is 1.10 bits per heavy atom. The van der Waals surface area contributed by atoms with Crippen LogP contribution in [0.25, 0.3) is 0 Å². The van der Waals surface area contributed by atoms with Crippen LogP contribution in [0.2, 0.25) is 0 Å². The Bertz CT molecular complexity index is 1320. The number of pyridine rings is 2. The number of nitrogens with one attached hydrogen (secondary N) is 2. The second kappa shape index (κ2) is 11.1. The normalized spacial score (nSPS) is 19.3. The van der Waals surface area contributed by atoms with Gasteiger partial charge in [-0.05, 0) is 56.7 Å². The number of nitrogens with zero attached hydrogens (tertiary/aromatic N) is 3. The van der Waals surface area contributed by atoms with Crippen molar-refractivity contribution in [3.8, 4) is 5.75 Å². The van der Waals surface area contributed by atoms with Gasteiger partial charge in [-0.2, -0.15) is 0 Å². The number of hydrogen-bond acceptors (Lipinski definition) is 7. The second-order valence-corrected chi connectivity index (χ2v) is 13.0. The van der Waals surface area contributed by atoms with E-state index in [4.69, 9.17) is 14.7 Å². The van der Waals surface area contributed by atoms with Crippen LogP contribution >= 0.6 is 11.9 Å². The molecule has 5 rings (SSSR count). The highest BCUT2D eigenvalue weighted by atomic mass is 32.2. The predicted octanol–water partition coefficient (Wildman–Crippen LogP) is 6.60. The van der Waals surface area contributed by atoms with E-state index in [1.807, 2.05) is 54.6 Å². The van der Waals surface area contributed by atoms with Crippen molar-refractivity contribution in [2.24, 2.45) is 5.92 Å². The average molecular weight is 546 g/mol. The lowest BCUT2D eigenvalue weighted by molar-refractivity contribution is 0.0984. The molecular formula is C31H39N5O2S. The second-order valence-electron chi connectivity index (χ2n) is 12.2. The third-order valence-electron chi connectivity index (χ3n) is 7.47. The Morgan fingerprint density at radius 3 is 2.67 bits per heavy atom. The fourth-order valence-corrected chi connectivity index (χ4v) is 6.04. The molecule has 2 aliphatic rings. The third-order valence-corrected chi connectivity index (χ3v) is 8.18. The summed E-state index contributed by atoms with van der Waals surface area (Å²) in [5, 5.41) is 4.14. The zero-order chi connectivity index (χ0) is 27.6. The fraction of sp³-hybridized carbons (Fsp3) is 0.452. The molecule has 1 fully saturated rings. The molecule has 3 aromatic rings. The summed E-state index contributed by atoms with van der Waals surface area (Å²) in [6, 6.07) is 17.8. The van der Waals surface area contributed by atoms with Crippen LogP contribution in [0.3, 0.4) is 0 Å². The molecule has 206 valence electrons. The summed E-state index contributed by atoms with van der Waals surface area (Å²) >= 11 is 1.20. The van der Waals surface area contributed by atoms with Crippen LogP contribution < -0.4 is 19.7 Å². The third kappa shape index (κ3) is 6.49. The number of aromatic nitrogens is 2. The SMILES string of the molecule is CC(C)(C)c1ccc2c(n1)N1CC(CCCNc3cc(OCc4ccccc4)cc(n3)SNC2=O)CC1(C)C. The summed E-state index contributed by atoms with van der Waals surface area (Å²) < 4.78 is 9.13. The lowest BCUT2D eigenvalue weighted by Crippen LogP contribution is -2.40. The number of anilines is 2. The molecule has 2 aromatic heterocycles. The molecule has 1 aromatic carbocycles. The molecule has 39 heavy (non-hydrogen) atoms. The molecule has 7 nitrogen and oxygen atoms in total. The Kier molecular flexibility index (Phi) is 7.76. The van der Waals surface area contributed by atoms with Crippen molar-refractivity contribution in [2.45, 2.75) is 76.5 Å². The quantitative estimate of drug-likeness (QED) is 0.359. The van der Waals surface area contributed by atoms with Crippen LogP contribution in [0.4, 0.5) is 11.6 Å². The standard InChI is InChI=1S/C31H39N5O2S/c1-30(2,3)25-14-13-24-28(33-25)36-19-22(18-31(36,4)5)12-9-15-32-26-16-23(17-27(34-26)39-35-29(24)37)38-20-21-10-7-6-8-11-21/h6-8,10-11,13-14,16-17,22H,9,12,15,18-20H2,1-5H3,(H,32,34)(H,35,37). The van der Waals surface area contributed by atoms with E-state index in [-0.39, 0.29) is 16.9 Å². The van der Waals surface area contributed by atoms with E-state index in [0.29, 0.717) is 28.9 Å². The number of rotatable bonds is 3. The molecule has 0 spiro atoms. The highest BCUT2D eigenvalue weighted by Gasteiger charge is 2.40. The largest absolute Gasteiger partial charge is 0.489 e. The van der Waals surface area contributed by atoms with Crippen molar-refractivity contribution in [3.63, 3.8) is 0 Å². The fourth-order valence-electron chi connectivity index (χ4n) is 5.41. The average Bonchev–Trinajstić information content (AvgIpc) is 3.21. The molecule has 1 amide bonds. The van der Waals surface area contributed by atoms with Crippen molar-refractivity contribution in [3.05, 3.63) is 71.4 Å². The molecule has 0 saturated carbocycles. The molecular weight excluding hydrogens is 506 g/mol. The van der Waals surface area contributed by atoms with Crippen molar-refractivity contribution < 1.29 is 9.53 Å². The Balaban J connectivity index is 1.45. The molecule has 4 heterocycles. The molecule has 4 bridgehead atoms. The van der Waals surface area contributed by atoms with Gasteiger partial charge in [-0.3, -0.25) is 9.52 Å². The Hall–Kier alpha value is -3.26. The smallest absolute Gasteiger partial charge is 0.265 e. The number of carbonyl (C=O) groups is 1. The zero-order valence-electron chi connectivity index (χ0n) is 23.6. The number of fused-ring (bicyclic) bond motifs is 6. The van der Waals surface area contributed by atoms with E-state index in [9.17, 15) is 4.79 Å². The van der Waals surface area contributed by atoms with Gasteiger partial charge in [0.15, 0.2) is 0 Å². The minimum atomic E-state index is -0.177. The van der Waals surface area contributed by atoms with Crippen LogP contribution in [-0.4, -0.2) is 34.5 Å². The minimum absolute atomic E-state index is 0.0856. The minimum Gasteiger partial charge on any atom is -0.489 e. The zero-order valence-corrected chi connectivity index (χ0v) is 24.4. The van der Waals surface area contributed by atoms with Gasteiger partial charge in [-0.15, -0.1) is 0 Å². The molecule has 1 unspecified atom stereocenters. The molecule has 1 atom stereocenters. The van der Waals surface area contributed by atoms with Crippen LogP contribution in [-0.2, 0) is 12.0 Å². The number of hydrogen-bond donors (Lipinski definition) is 2. The number of ether oxygens (including phenoxy) is 1. The topological polar surface area (TPSA) is 79.4 Å². The van der Waals surface area contributed by atoms with Crippen LogP contribution in [0.15, 0.2) is 59.6 Å². The maximum Gasteiger partial charge on any atom is 0.265 e. The summed E-state index contributed by atoms with van der Waals surface area (Å²) in [7, 11) is 0. The molecule has 2 aliphatic heterocycles. The lowest BCUT2D eigenvalue weighted by Gasteiger charge is -2.34. The monoisotopic (exact) mass is 545 g/mol. The van der Waals surface area contributed by atoms with E-state index in [1.54, 1.807) is 0 Å². The van der Waals surface area contributed by atoms with Gasteiger partial charge in [-0.25, -0.2) is 9.97 Å². The van der Waals surface area contributed by atoms with Gasteiger partial charge in [0.25, 0.3) is 5.91 Å². The first-order valence-electron chi connectivity index (χ1n) is 13.8. The first kappa shape index (κ1) is 27.3. The Morgan fingerprint density at radius 2 is 1.90 bits per heavy atom. The van der Waals surface area contributed by atoms with Gasteiger partial charge in [0, 0.05) is 53.8 Å². The van der Waals surface area contributed by atoms with Crippen LogP contribution in [0, 0.1) is 5.92 Å². The van der Waals surface area contributed by atoms with E-state index in [2.05, 4.69) is 49.6 Å². The molecule has 0 radical (unpaired) electrons. The van der Waals surface area contributed by atoms with Crippen molar-refractivity contribution in [2.75, 3.05) is 23.3 Å². The Labute approximate surface area is 236 Å². The van der Waals surface area contributed by atoms with E-state index in [0.717, 1.165) is 55.2 Å². The lowest BCUT2D eigenvalue weighted by atomic mass is 9.91. The molecule has 8 heteroatoms. The molecule has 0 aliphatic carbocycles. The first-order valence-corrected chi connectivity index (χ1v) is 14.6. The molecule has 2 N–H and O–H groups in total. The maximum absolute atomic E-state index is 13.6. The summed E-state index contributed by atoms with van der Waals surface area (Å²) in [6.07, 6.45) is 3.20. The summed E-state index contributed by atoms with van der Waals surface area (Å²) in [5.41, 5.74) is 2.47.